The molecule has 0 radical (unpaired) electrons. The van der Waals surface area contributed by atoms with Gasteiger partial charge < -0.3 is 0 Å². The van der Waals surface area contributed by atoms with Crippen LogP contribution in [0.25, 0.3) is 32.3 Å². The van der Waals surface area contributed by atoms with E-state index in [-0.39, 0.29) is 34.3 Å². The SMILES string of the molecule is O=C1C(=Cc2ccc(-c3sc(-c4ccc(C=C5C(=O)c6ccccc6C5=O)s4)cc3Cl)cc2)C(=O)c2ccccc21. The highest BCUT2D eigenvalue weighted by Gasteiger charge is 2.33. The average molecular weight is 589 g/mol. The van der Waals surface area contributed by atoms with E-state index in [1.54, 1.807) is 72.0 Å². The van der Waals surface area contributed by atoms with E-state index in [0.717, 1.165) is 30.6 Å². The topological polar surface area (TPSA) is 68.3 Å². The van der Waals surface area contributed by atoms with Gasteiger partial charge in [-0.1, -0.05) is 84.4 Å². The highest BCUT2D eigenvalue weighted by atomic mass is 35.5. The van der Waals surface area contributed by atoms with Crippen molar-refractivity contribution in [3.05, 3.63) is 140 Å². The third kappa shape index (κ3) is 4.28. The van der Waals surface area contributed by atoms with Crippen molar-refractivity contribution in [3.63, 3.8) is 0 Å². The summed E-state index contributed by atoms with van der Waals surface area (Å²) in [5.74, 6) is -0.991. The summed E-state index contributed by atoms with van der Waals surface area (Å²) >= 11 is 9.67. The van der Waals surface area contributed by atoms with Crippen LogP contribution in [0.2, 0.25) is 5.02 Å². The Hall–Kier alpha value is -4.49. The number of allylic oxidation sites excluding steroid dienone is 2. The third-order valence-corrected chi connectivity index (χ3v) is 9.96. The molecule has 4 nitrogen and oxygen atoms in total. The Balaban J connectivity index is 1.13. The van der Waals surface area contributed by atoms with Gasteiger partial charge in [-0.2, -0.15) is 0 Å². The first-order valence-electron chi connectivity index (χ1n) is 12.7. The predicted octanol–water partition coefficient (Wildman–Crippen LogP) is 8.72. The Kier molecular flexibility index (Phi) is 6.12. The highest BCUT2D eigenvalue weighted by Crippen LogP contribution is 2.43. The molecule has 2 aromatic heterocycles. The zero-order valence-electron chi connectivity index (χ0n) is 21.1. The number of hydrogen-bond donors (Lipinski definition) is 0. The minimum Gasteiger partial charge on any atom is -0.288 e. The fourth-order valence-corrected chi connectivity index (χ4v) is 7.58. The number of fused-ring (bicyclic) bond motifs is 2. The summed E-state index contributed by atoms with van der Waals surface area (Å²) in [6, 6.07) is 27.1. The second-order valence-electron chi connectivity index (χ2n) is 9.64. The van der Waals surface area contributed by atoms with Crippen LogP contribution in [0.1, 0.15) is 51.9 Å². The minimum atomic E-state index is -0.252. The summed E-state index contributed by atoms with van der Waals surface area (Å²) in [5.41, 5.74) is 3.80. The van der Waals surface area contributed by atoms with Crippen molar-refractivity contribution < 1.29 is 19.2 Å². The molecule has 2 heterocycles. The molecule has 0 atom stereocenters. The maximum atomic E-state index is 12.8. The molecular formula is C34H17ClO4S2. The van der Waals surface area contributed by atoms with Crippen molar-refractivity contribution in [1.29, 1.82) is 0 Å². The molecule has 7 rings (SSSR count). The van der Waals surface area contributed by atoms with Crippen LogP contribution < -0.4 is 0 Å². The molecule has 7 heteroatoms. The van der Waals surface area contributed by atoms with Crippen molar-refractivity contribution in [1.82, 2.24) is 0 Å². The Morgan fingerprint density at radius 3 is 1.59 bits per heavy atom. The number of thiophene rings is 2. The number of carbonyl (C=O) groups is 4. The number of rotatable bonds is 4. The summed E-state index contributed by atoms with van der Waals surface area (Å²) in [6.45, 7) is 0. The van der Waals surface area contributed by atoms with E-state index in [4.69, 9.17) is 11.6 Å². The molecule has 0 saturated carbocycles. The number of carbonyl (C=O) groups excluding carboxylic acids is 4. The van der Waals surface area contributed by atoms with Gasteiger partial charge in [0.1, 0.15) is 0 Å². The maximum absolute atomic E-state index is 12.8. The monoisotopic (exact) mass is 588 g/mol. The van der Waals surface area contributed by atoms with E-state index in [2.05, 4.69) is 0 Å². The van der Waals surface area contributed by atoms with Crippen LogP contribution in [-0.2, 0) is 0 Å². The number of ketones is 4. The summed E-state index contributed by atoms with van der Waals surface area (Å²) in [7, 11) is 0. The number of halogens is 1. The van der Waals surface area contributed by atoms with Crippen molar-refractivity contribution in [2.24, 2.45) is 0 Å². The molecule has 3 aromatic carbocycles. The van der Waals surface area contributed by atoms with E-state index in [1.807, 2.05) is 42.5 Å². The zero-order chi connectivity index (χ0) is 28.2. The lowest BCUT2D eigenvalue weighted by Gasteiger charge is -2.01. The molecule has 2 aliphatic carbocycles. The molecule has 0 unspecified atom stereocenters. The van der Waals surface area contributed by atoms with Crippen LogP contribution in [0, 0.1) is 0 Å². The van der Waals surface area contributed by atoms with Gasteiger partial charge in [0.25, 0.3) is 0 Å². The first-order chi connectivity index (χ1) is 19.9. The van der Waals surface area contributed by atoms with Crippen LogP contribution >= 0.6 is 34.3 Å². The van der Waals surface area contributed by atoms with Crippen molar-refractivity contribution in [2.75, 3.05) is 0 Å². The van der Waals surface area contributed by atoms with Gasteiger partial charge in [0, 0.05) is 36.9 Å². The molecule has 0 aliphatic heterocycles. The van der Waals surface area contributed by atoms with Gasteiger partial charge in [0.05, 0.1) is 21.0 Å². The number of hydrogen-bond acceptors (Lipinski definition) is 6. The van der Waals surface area contributed by atoms with E-state index in [0.29, 0.717) is 27.3 Å². The predicted molar refractivity (Wildman–Crippen MR) is 164 cm³/mol. The molecule has 0 fully saturated rings. The molecule has 0 saturated heterocycles. The molecule has 0 spiro atoms. The smallest absolute Gasteiger partial charge is 0.197 e. The second-order valence-corrected chi connectivity index (χ2v) is 12.2. The normalized spacial score (nSPS) is 14.1. The Morgan fingerprint density at radius 2 is 1.05 bits per heavy atom. The van der Waals surface area contributed by atoms with Crippen LogP contribution in [0.3, 0.4) is 0 Å². The maximum Gasteiger partial charge on any atom is 0.197 e. The fourth-order valence-electron chi connectivity index (χ4n) is 5.10. The van der Waals surface area contributed by atoms with Gasteiger partial charge in [-0.25, -0.2) is 0 Å². The lowest BCUT2D eigenvalue weighted by molar-refractivity contribution is 0.0975. The summed E-state index contributed by atoms with van der Waals surface area (Å²) in [6.07, 6.45) is 3.30. The summed E-state index contributed by atoms with van der Waals surface area (Å²) in [4.78, 5) is 54.6. The third-order valence-electron chi connectivity index (χ3n) is 7.14. The zero-order valence-corrected chi connectivity index (χ0v) is 23.5. The van der Waals surface area contributed by atoms with E-state index >= 15 is 0 Å². The summed E-state index contributed by atoms with van der Waals surface area (Å²) < 4.78 is 0. The van der Waals surface area contributed by atoms with Crippen LogP contribution in [0.5, 0.6) is 0 Å². The van der Waals surface area contributed by atoms with Gasteiger partial charge in [0.2, 0.25) is 0 Å². The van der Waals surface area contributed by atoms with Crippen LogP contribution in [0.4, 0.5) is 0 Å². The standard InChI is InChI=1S/C34H17ClO4S2/c35-27-17-29(28-14-13-20(40-28)16-26-32(38)23-7-3-4-8-24(23)33(26)39)41-34(27)19-11-9-18(10-12-19)15-25-30(36)21-5-1-2-6-22(21)31(25)37/h1-17H. The molecular weight excluding hydrogens is 572 g/mol. The van der Waals surface area contributed by atoms with Gasteiger partial charge in [-0.05, 0) is 41.5 Å². The van der Waals surface area contributed by atoms with Gasteiger partial charge in [0.15, 0.2) is 23.1 Å². The Labute approximate surface area is 247 Å². The first kappa shape index (κ1) is 25.5. The highest BCUT2D eigenvalue weighted by molar-refractivity contribution is 7.24. The van der Waals surface area contributed by atoms with E-state index in [9.17, 15) is 19.2 Å². The van der Waals surface area contributed by atoms with Crippen LogP contribution in [0.15, 0.2) is 102 Å². The lowest BCUT2D eigenvalue weighted by Crippen LogP contribution is -2.00. The number of benzene rings is 3. The van der Waals surface area contributed by atoms with Crippen molar-refractivity contribution in [3.8, 4) is 20.2 Å². The molecule has 41 heavy (non-hydrogen) atoms. The van der Waals surface area contributed by atoms with Crippen molar-refractivity contribution >= 4 is 69.6 Å². The van der Waals surface area contributed by atoms with E-state index < -0.39 is 0 Å². The molecule has 196 valence electrons. The van der Waals surface area contributed by atoms with Crippen LogP contribution in [-0.4, -0.2) is 23.1 Å². The molecule has 0 amide bonds. The molecule has 2 aliphatic rings. The second kappa shape index (κ2) is 9.85. The van der Waals surface area contributed by atoms with Gasteiger partial charge in [-0.15, -0.1) is 22.7 Å². The number of Topliss-reactive ketones (excluding diaryl/α,β-unsaturated/α-hetero) is 4. The summed E-state index contributed by atoms with van der Waals surface area (Å²) in [5, 5.41) is 0.609. The van der Waals surface area contributed by atoms with Gasteiger partial charge >= 0.3 is 0 Å². The van der Waals surface area contributed by atoms with E-state index in [1.165, 1.54) is 11.3 Å². The quantitative estimate of drug-likeness (QED) is 0.155. The molecule has 0 N–H and O–H groups in total. The average Bonchev–Trinajstić information content (AvgIpc) is 3.73. The Morgan fingerprint density at radius 1 is 0.537 bits per heavy atom. The largest absolute Gasteiger partial charge is 0.288 e. The fraction of sp³-hybridized carbons (Fsp3) is 0. The molecule has 5 aromatic rings. The minimum absolute atomic E-state index is 0.170. The molecule has 0 bridgehead atoms. The van der Waals surface area contributed by atoms with Gasteiger partial charge in [-0.3, -0.25) is 19.2 Å². The first-order valence-corrected chi connectivity index (χ1v) is 14.7. The lowest BCUT2D eigenvalue weighted by atomic mass is 10.0. The van der Waals surface area contributed by atoms with Crippen molar-refractivity contribution in [2.45, 2.75) is 0 Å². The Bertz CT molecular complexity index is 1950.